The predicted molar refractivity (Wildman–Crippen MR) is 91.6 cm³/mol. The summed E-state index contributed by atoms with van der Waals surface area (Å²) < 4.78 is 11.4. The highest BCUT2D eigenvalue weighted by Gasteiger charge is 2.40. The molecule has 3 heterocycles. The second kappa shape index (κ2) is 7.39. The highest BCUT2D eigenvalue weighted by Crippen LogP contribution is 2.34. The fourth-order valence-electron chi connectivity index (χ4n) is 3.40. The Morgan fingerprint density at radius 3 is 2.82 bits per heavy atom. The van der Waals surface area contributed by atoms with Gasteiger partial charge in [-0.2, -0.15) is 11.8 Å². The molecule has 2 saturated heterocycles. The van der Waals surface area contributed by atoms with Crippen molar-refractivity contribution < 1.29 is 9.15 Å². The maximum atomic E-state index is 5.89. The topological polar surface area (TPSA) is 37.6 Å². The number of furan rings is 1. The van der Waals surface area contributed by atoms with Crippen LogP contribution in [0.2, 0.25) is 0 Å². The summed E-state index contributed by atoms with van der Waals surface area (Å²) in [6, 6.07) is 4.47. The molecule has 4 nitrogen and oxygen atoms in total. The molecule has 2 atom stereocenters. The first-order valence-electron chi connectivity index (χ1n) is 8.46. The molecular weight excluding hydrogens is 296 g/mol. The van der Waals surface area contributed by atoms with E-state index in [-0.39, 0.29) is 6.04 Å². The fraction of sp³-hybridized carbons (Fsp3) is 0.765. The van der Waals surface area contributed by atoms with Crippen LogP contribution >= 0.6 is 11.8 Å². The van der Waals surface area contributed by atoms with Gasteiger partial charge in [0, 0.05) is 37.3 Å². The third-order valence-electron chi connectivity index (χ3n) is 4.96. The van der Waals surface area contributed by atoms with Crippen molar-refractivity contribution in [2.45, 2.75) is 38.3 Å². The average molecular weight is 324 g/mol. The molecule has 5 heteroatoms. The lowest BCUT2D eigenvalue weighted by molar-refractivity contribution is -0.0141. The summed E-state index contributed by atoms with van der Waals surface area (Å²) in [4.78, 5) is 2.65. The number of aryl methyl sites for hydroxylation is 1. The molecular formula is C17H28N2O2S. The molecule has 22 heavy (non-hydrogen) atoms. The molecule has 2 aliphatic heterocycles. The highest BCUT2D eigenvalue weighted by molar-refractivity contribution is 7.99. The number of hydrogen-bond donors (Lipinski definition) is 1. The van der Waals surface area contributed by atoms with Crippen molar-refractivity contribution in [2.24, 2.45) is 0 Å². The second-order valence-corrected chi connectivity index (χ2v) is 7.49. The smallest absolute Gasteiger partial charge is 0.120 e. The minimum Gasteiger partial charge on any atom is -0.464 e. The van der Waals surface area contributed by atoms with Gasteiger partial charge in [-0.3, -0.25) is 4.90 Å². The summed E-state index contributed by atoms with van der Waals surface area (Å²) in [6.45, 7) is 9.25. The van der Waals surface area contributed by atoms with E-state index in [1.807, 2.05) is 0 Å². The molecule has 0 aliphatic carbocycles. The number of ether oxygens (including phenoxy) is 1. The first-order valence-corrected chi connectivity index (χ1v) is 9.61. The summed E-state index contributed by atoms with van der Waals surface area (Å²) in [6.07, 6.45) is 2.23. The number of rotatable bonds is 6. The van der Waals surface area contributed by atoms with Crippen LogP contribution in [0.15, 0.2) is 16.5 Å². The number of nitrogens with one attached hydrogen (secondary N) is 1. The molecule has 2 fully saturated rings. The zero-order chi connectivity index (χ0) is 15.4. The predicted octanol–water partition coefficient (Wildman–Crippen LogP) is 2.70. The molecule has 0 bridgehead atoms. The van der Waals surface area contributed by atoms with Crippen LogP contribution in [-0.4, -0.2) is 54.8 Å². The van der Waals surface area contributed by atoms with Crippen LogP contribution in [0.5, 0.6) is 0 Å². The van der Waals surface area contributed by atoms with Crippen LogP contribution in [-0.2, 0) is 11.2 Å². The van der Waals surface area contributed by atoms with E-state index >= 15 is 0 Å². The van der Waals surface area contributed by atoms with E-state index in [2.05, 4.69) is 48.0 Å². The van der Waals surface area contributed by atoms with E-state index in [1.165, 1.54) is 17.9 Å². The number of hydrogen-bond acceptors (Lipinski definition) is 5. The average Bonchev–Trinajstić information content (AvgIpc) is 3.23. The molecule has 0 amide bonds. The fourth-order valence-corrected chi connectivity index (χ4v) is 4.87. The van der Waals surface area contributed by atoms with Crippen molar-refractivity contribution in [1.29, 1.82) is 0 Å². The third-order valence-corrected chi connectivity index (χ3v) is 6.19. The normalized spacial score (nSPS) is 28.1. The second-order valence-electron chi connectivity index (χ2n) is 6.39. The van der Waals surface area contributed by atoms with Gasteiger partial charge in [-0.1, -0.05) is 6.92 Å². The van der Waals surface area contributed by atoms with Crippen LogP contribution in [0.1, 0.15) is 37.8 Å². The molecule has 2 aliphatic rings. The van der Waals surface area contributed by atoms with Gasteiger partial charge in [0.05, 0.1) is 19.3 Å². The van der Waals surface area contributed by atoms with Gasteiger partial charge in [0.1, 0.15) is 11.5 Å². The Kier molecular flexibility index (Phi) is 5.50. The van der Waals surface area contributed by atoms with Gasteiger partial charge < -0.3 is 14.5 Å². The van der Waals surface area contributed by atoms with Crippen molar-refractivity contribution in [3.05, 3.63) is 23.7 Å². The first kappa shape index (κ1) is 16.4. The van der Waals surface area contributed by atoms with Crippen molar-refractivity contribution >= 4 is 11.8 Å². The SMILES string of the molecule is CCc1ccc(C(C)NCC2(N3CCOCC3)CCSC2)o1. The van der Waals surface area contributed by atoms with Crippen molar-refractivity contribution in [1.82, 2.24) is 10.2 Å². The molecule has 0 radical (unpaired) electrons. The first-order chi connectivity index (χ1) is 10.7. The summed E-state index contributed by atoms with van der Waals surface area (Å²) in [5, 5.41) is 3.73. The van der Waals surface area contributed by atoms with E-state index in [4.69, 9.17) is 9.15 Å². The van der Waals surface area contributed by atoms with E-state index in [0.717, 1.165) is 50.8 Å². The number of morpholine rings is 1. The van der Waals surface area contributed by atoms with Gasteiger partial charge in [0.25, 0.3) is 0 Å². The zero-order valence-electron chi connectivity index (χ0n) is 13.8. The Bertz CT molecular complexity index is 465. The van der Waals surface area contributed by atoms with Crippen LogP contribution < -0.4 is 5.32 Å². The molecule has 0 saturated carbocycles. The van der Waals surface area contributed by atoms with Gasteiger partial charge in [-0.05, 0) is 31.2 Å². The van der Waals surface area contributed by atoms with E-state index in [9.17, 15) is 0 Å². The number of nitrogens with zero attached hydrogens (tertiary/aromatic N) is 1. The van der Waals surface area contributed by atoms with Gasteiger partial charge in [-0.25, -0.2) is 0 Å². The van der Waals surface area contributed by atoms with E-state index in [1.54, 1.807) is 0 Å². The van der Waals surface area contributed by atoms with E-state index < -0.39 is 0 Å². The van der Waals surface area contributed by atoms with Crippen LogP contribution in [0.25, 0.3) is 0 Å². The Hall–Kier alpha value is -0.490. The quantitative estimate of drug-likeness (QED) is 0.871. The van der Waals surface area contributed by atoms with Crippen LogP contribution in [0.3, 0.4) is 0 Å². The van der Waals surface area contributed by atoms with Crippen LogP contribution in [0, 0.1) is 0 Å². The van der Waals surface area contributed by atoms with Crippen LogP contribution in [0.4, 0.5) is 0 Å². The molecule has 3 rings (SSSR count). The Labute approximate surface area is 138 Å². The summed E-state index contributed by atoms with van der Waals surface area (Å²) in [5.41, 5.74) is 0.295. The minimum absolute atomic E-state index is 0.267. The largest absolute Gasteiger partial charge is 0.464 e. The summed E-state index contributed by atoms with van der Waals surface area (Å²) >= 11 is 2.08. The lowest BCUT2D eigenvalue weighted by atomic mass is 9.95. The van der Waals surface area contributed by atoms with Crippen molar-refractivity contribution in [2.75, 3.05) is 44.4 Å². The molecule has 2 unspecified atom stereocenters. The Morgan fingerprint density at radius 1 is 1.36 bits per heavy atom. The van der Waals surface area contributed by atoms with Gasteiger partial charge in [0.2, 0.25) is 0 Å². The summed E-state index contributed by atoms with van der Waals surface area (Å²) in [5.74, 6) is 4.63. The molecule has 0 aromatic carbocycles. The molecule has 1 aromatic rings. The minimum atomic E-state index is 0.267. The van der Waals surface area contributed by atoms with E-state index in [0.29, 0.717) is 5.54 Å². The molecule has 0 spiro atoms. The van der Waals surface area contributed by atoms with Crippen molar-refractivity contribution in [3.63, 3.8) is 0 Å². The van der Waals surface area contributed by atoms with Gasteiger partial charge in [-0.15, -0.1) is 0 Å². The molecule has 1 aromatic heterocycles. The maximum Gasteiger partial charge on any atom is 0.120 e. The van der Waals surface area contributed by atoms with Gasteiger partial charge >= 0.3 is 0 Å². The Morgan fingerprint density at radius 2 is 2.18 bits per heavy atom. The lowest BCUT2D eigenvalue weighted by Gasteiger charge is -2.43. The molecule has 1 N–H and O–H groups in total. The van der Waals surface area contributed by atoms with Gasteiger partial charge in [0.15, 0.2) is 0 Å². The summed E-state index contributed by atoms with van der Waals surface area (Å²) in [7, 11) is 0. The maximum absolute atomic E-state index is 5.89. The van der Waals surface area contributed by atoms with Crippen molar-refractivity contribution in [3.8, 4) is 0 Å². The Balaban J connectivity index is 1.61. The lowest BCUT2D eigenvalue weighted by Crippen LogP contribution is -2.58. The zero-order valence-corrected chi connectivity index (χ0v) is 14.6. The third kappa shape index (κ3) is 3.53. The highest BCUT2D eigenvalue weighted by atomic mass is 32.2. The number of thioether (sulfide) groups is 1. The monoisotopic (exact) mass is 324 g/mol. The standard InChI is InChI=1S/C17H28N2O2S/c1-3-15-4-5-16(21-15)14(2)18-12-17(6-11-22-13-17)19-7-9-20-10-8-19/h4-5,14,18H,3,6-13H2,1-2H3. The molecule has 124 valence electrons.